The first kappa shape index (κ1) is 14.3. The average molecular weight is 297 g/mol. The Morgan fingerprint density at radius 3 is 2.80 bits per heavy atom. The molecule has 0 aliphatic carbocycles. The van der Waals surface area contributed by atoms with Crippen molar-refractivity contribution in [2.24, 2.45) is 0 Å². The molecule has 2 aromatic heterocycles. The summed E-state index contributed by atoms with van der Waals surface area (Å²) in [7, 11) is 0. The highest BCUT2D eigenvalue weighted by molar-refractivity contribution is 7.99. The molecule has 0 unspecified atom stereocenters. The Morgan fingerprint density at radius 1 is 1.40 bits per heavy atom. The SMILES string of the molecule is CCn1c(Sc2nc(N)nc(OC(C)C)n2)n[nH]c1=O. The summed E-state index contributed by atoms with van der Waals surface area (Å²) in [6.07, 6.45) is -0.0751. The molecule has 0 atom stereocenters. The number of nitrogen functional groups attached to an aromatic ring is 1. The lowest BCUT2D eigenvalue weighted by Gasteiger charge is -2.08. The fourth-order valence-corrected chi connectivity index (χ4v) is 2.24. The van der Waals surface area contributed by atoms with Gasteiger partial charge in [-0.25, -0.2) is 9.89 Å². The fourth-order valence-electron chi connectivity index (χ4n) is 1.40. The molecule has 0 amide bonds. The molecular formula is C10H15N7O2S. The Morgan fingerprint density at radius 2 is 2.15 bits per heavy atom. The second-order valence-corrected chi connectivity index (χ2v) is 5.02. The van der Waals surface area contributed by atoms with Gasteiger partial charge in [-0.1, -0.05) is 0 Å². The van der Waals surface area contributed by atoms with Gasteiger partial charge in [0.2, 0.25) is 11.1 Å². The molecule has 0 spiro atoms. The standard InChI is InChI=1S/C10H15N7O2S/c1-4-17-9(18)15-16-10(17)20-8-13-6(11)12-7(14-8)19-5(2)3/h5H,4H2,1-3H3,(H,15,18)(H2,11,12,13,14). The van der Waals surface area contributed by atoms with E-state index in [0.717, 1.165) is 11.8 Å². The van der Waals surface area contributed by atoms with Crippen LogP contribution in [0.5, 0.6) is 6.01 Å². The van der Waals surface area contributed by atoms with Crippen LogP contribution in [0.4, 0.5) is 5.95 Å². The minimum atomic E-state index is -0.282. The van der Waals surface area contributed by atoms with Crippen LogP contribution < -0.4 is 16.2 Å². The number of rotatable bonds is 5. The maximum Gasteiger partial charge on any atom is 0.343 e. The van der Waals surface area contributed by atoms with E-state index in [9.17, 15) is 4.79 Å². The van der Waals surface area contributed by atoms with Crippen molar-refractivity contribution in [2.75, 3.05) is 5.73 Å². The van der Waals surface area contributed by atoms with Crippen molar-refractivity contribution in [3.8, 4) is 6.01 Å². The van der Waals surface area contributed by atoms with Gasteiger partial charge in [0.25, 0.3) is 0 Å². The molecule has 10 heteroatoms. The molecule has 0 saturated heterocycles. The molecule has 0 fully saturated rings. The summed E-state index contributed by atoms with van der Waals surface area (Å²) in [6, 6.07) is 0.149. The van der Waals surface area contributed by atoms with E-state index < -0.39 is 0 Å². The zero-order valence-electron chi connectivity index (χ0n) is 11.3. The largest absolute Gasteiger partial charge is 0.461 e. The number of nitrogens with zero attached hydrogens (tertiary/aromatic N) is 5. The van der Waals surface area contributed by atoms with Crippen molar-refractivity contribution in [3.05, 3.63) is 10.5 Å². The van der Waals surface area contributed by atoms with Crippen LogP contribution in [0.25, 0.3) is 0 Å². The molecular weight excluding hydrogens is 282 g/mol. The lowest BCUT2D eigenvalue weighted by Crippen LogP contribution is -2.16. The predicted octanol–water partition coefficient (Wildman–Crippen LogP) is 0.297. The summed E-state index contributed by atoms with van der Waals surface area (Å²) in [5.41, 5.74) is 5.33. The zero-order valence-corrected chi connectivity index (χ0v) is 12.1. The van der Waals surface area contributed by atoms with Gasteiger partial charge in [-0.2, -0.15) is 15.0 Å². The molecule has 9 nitrogen and oxygen atoms in total. The minimum Gasteiger partial charge on any atom is -0.461 e. The van der Waals surface area contributed by atoms with Crippen LogP contribution in [0.3, 0.4) is 0 Å². The Labute approximate surface area is 119 Å². The number of anilines is 1. The maximum atomic E-state index is 11.5. The Bertz CT molecular complexity index is 651. The average Bonchev–Trinajstić information content (AvgIpc) is 2.68. The Kier molecular flexibility index (Phi) is 4.23. The normalized spacial score (nSPS) is 11.0. The topological polar surface area (TPSA) is 125 Å². The number of H-pyrrole nitrogens is 1. The van der Waals surface area contributed by atoms with Gasteiger partial charge < -0.3 is 10.5 Å². The highest BCUT2D eigenvalue weighted by Crippen LogP contribution is 2.23. The highest BCUT2D eigenvalue weighted by atomic mass is 32.2. The van der Waals surface area contributed by atoms with E-state index >= 15 is 0 Å². The van der Waals surface area contributed by atoms with Crippen molar-refractivity contribution < 1.29 is 4.74 Å². The smallest absolute Gasteiger partial charge is 0.343 e. The number of ether oxygens (including phenoxy) is 1. The van der Waals surface area contributed by atoms with Crippen molar-refractivity contribution in [2.45, 2.75) is 43.7 Å². The van der Waals surface area contributed by atoms with Gasteiger partial charge in [-0.15, -0.1) is 5.10 Å². The summed E-state index contributed by atoms with van der Waals surface area (Å²) < 4.78 is 6.85. The van der Waals surface area contributed by atoms with Crippen LogP contribution in [0.15, 0.2) is 15.1 Å². The lowest BCUT2D eigenvalue weighted by atomic mass is 10.5. The Hall–Kier alpha value is -2.10. The molecule has 0 aromatic carbocycles. The van der Waals surface area contributed by atoms with E-state index in [1.165, 1.54) is 4.57 Å². The van der Waals surface area contributed by atoms with E-state index in [4.69, 9.17) is 10.5 Å². The quantitative estimate of drug-likeness (QED) is 0.807. The molecule has 2 rings (SSSR count). The van der Waals surface area contributed by atoms with Crippen LogP contribution in [-0.4, -0.2) is 35.8 Å². The third kappa shape index (κ3) is 3.26. The summed E-state index contributed by atoms with van der Waals surface area (Å²) in [4.78, 5) is 23.5. The molecule has 0 aliphatic rings. The number of hydrogen-bond acceptors (Lipinski definition) is 8. The van der Waals surface area contributed by atoms with Crippen molar-refractivity contribution in [3.63, 3.8) is 0 Å². The molecule has 108 valence electrons. The van der Waals surface area contributed by atoms with Crippen LogP contribution in [0.1, 0.15) is 20.8 Å². The second-order valence-electron chi connectivity index (χ2n) is 4.08. The van der Waals surface area contributed by atoms with Gasteiger partial charge in [0.15, 0.2) is 5.16 Å². The third-order valence-electron chi connectivity index (χ3n) is 2.17. The number of aromatic nitrogens is 6. The number of aromatic amines is 1. The Balaban J connectivity index is 2.28. The first-order chi connectivity index (χ1) is 9.49. The zero-order chi connectivity index (χ0) is 14.7. The molecule has 20 heavy (non-hydrogen) atoms. The summed E-state index contributed by atoms with van der Waals surface area (Å²) in [6.45, 7) is 6.05. The second kappa shape index (κ2) is 5.90. The fraction of sp³-hybridized carbons (Fsp3) is 0.500. The molecule has 0 radical (unpaired) electrons. The van der Waals surface area contributed by atoms with Crippen molar-refractivity contribution in [1.82, 2.24) is 29.7 Å². The number of nitrogens with one attached hydrogen (secondary N) is 1. The molecule has 0 bridgehead atoms. The van der Waals surface area contributed by atoms with E-state index in [1.807, 2.05) is 20.8 Å². The lowest BCUT2D eigenvalue weighted by molar-refractivity contribution is 0.219. The molecule has 0 aliphatic heterocycles. The van der Waals surface area contributed by atoms with Gasteiger partial charge in [0.1, 0.15) is 0 Å². The van der Waals surface area contributed by atoms with Gasteiger partial charge in [0.05, 0.1) is 6.10 Å². The van der Waals surface area contributed by atoms with Gasteiger partial charge in [0, 0.05) is 6.54 Å². The highest BCUT2D eigenvalue weighted by Gasteiger charge is 2.13. The summed E-state index contributed by atoms with van der Waals surface area (Å²) in [5.74, 6) is 0.0547. The van der Waals surface area contributed by atoms with Crippen LogP contribution >= 0.6 is 11.8 Å². The third-order valence-corrected chi connectivity index (χ3v) is 3.03. The van der Waals surface area contributed by atoms with Gasteiger partial charge >= 0.3 is 11.7 Å². The number of nitrogens with two attached hydrogens (primary N) is 1. The summed E-state index contributed by atoms with van der Waals surface area (Å²) >= 11 is 1.11. The van der Waals surface area contributed by atoms with E-state index in [2.05, 4.69) is 25.1 Å². The van der Waals surface area contributed by atoms with Crippen LogP contribution in [0.2, 0.25) is 0 Å². The van der Waals surface area contributed by atoms with Crippen LogP contribution in [0, 0.1) is 0 Å². The van der Waals surface area contributed by atoms with Gasteiger partial charge in [-0.3, -0.25) is 4.57 Å². The number of hydrogen-bond donors (Lipinski definition) is 2. The monoisotopic (exact) mass is 297 g/mol. The van der Waals surface area contributed by atoms with Crippen molar-refractivity contribution >= 4 is 17.7 Å². The maximum absolute atomic E-state index is 11.5. The summed E-state index contributed by atoms with van der Waals surface area (Å²) in [5, 5.41) is 7.06. The van der Waals surface area contributed by atoms with E-state index in [-0.39, 0.29) is 23.8 Å². The first-order valence-corrected chi connectivity index (χ1v) is 6.82. The van der Waals surface area contributed by atoms with Gasteiger partial charge in [-0.05, 0) is 32.5 Å². The molecule has 3 N–H and O–H groups in total. The first-order valence-electron chi connectivity index (χ1n) is 6.00. The van der Waals surface area contributed by atoms with Crippen LogP contribution in [-0.2, 0) is 6.54 Å². The molecule has 2 heterocycles. The van der Waals surface area contributed by atoms with E-state index in [0.29, 0.717) is 16.9 Å². The van der Waals surface area contributed by atoms with Crippen molar-refractivity contribution in [1.29, 1.82) is 0 Å². The predicted molar refractivity (Wildman–Crippen MR) is 72.6 cm³/mol. The molecule has 0 saturated carbocycles. The minimum absolute atomic E-state index is 0.0547. The van der Waals surface area contributed by atoms with E-state index in [1.54, 1.807) is 0 Å². The molecule has 2 aromatic rings.